The third-order valence-corrected chi connectivity index (χ3v) is 4.48. The van der Waals surface area contributed by atoms with Crippen molar-refractivity contribution < 1.29 is 9.53 Å². The first kappa shape index (κ1) is 11.0. The molecule has 2 heteroatoms. The van der Waals surface area contributed by atoms with Crippen LogP contribution in [0.5, 0.6) is 0 Å². The molecule has 2 nitrogen and oxygen atoms in total. The summed E-state index contributed by atoms with van der Waals surface area (Å²) in [6, 6.07) is 0. The van der Waals surface area contributed by atoms with Crippen LogP contribution in [0, 0.1) is 5.41 Å². The average Bonchev–Trinajstić information content (AvgIpc) is 2.26. The Morgan fingerprint density at radius 1 is 1.13 bits per heavy atom. The predicted octanol–water partition coefficient (Wildman–Crippen LogP) is 3.44. The van der Waals surface area contributed by atoms with Crippen LogP contribution in [-0.4, -0.2) is 11.6 Å². The summed E-state index contributed by atoms with van der Waals surface area (Å²) < 4.78 is 5.78. The fourth-order valence-corrected chi connectivity index (χ4v) is 2.85. The van der Waals surface area contributed by atoms with E-state index in [0.717, 1.165) is 32.1 Å². The average molecular weight is 210 g/mol. The SMILES string of the molecule is CCC1(C)CCC2(CCCCC2)OC1=O. The number of hydrogen-bond donors (Lipinski definition) is 0. The standard InChI is InChI=1S/C13H22O2/c1-3-12(2)9-10-13(15-11(12)14)7-5-4-6-8-13/h3-10H2,1-2H3. The van der Waals surface area contributed by atoms with Gasteiger partial charge in [0.1, 0.15) is 5.60 Å². The summed E-state index contributed by atoms with van der Waals surface area (Å²) in [5, 5.41) is 0. The lowest BCUT2D eigenvalue weighted by atomic mass is 9.72. The molecular weight excluding hydrogens is 188 g/mol. The number of esters is 1. The largest absolute Gasteiger partial charge is 0.459 e. The maximum atomic E-state index is 12.0. The van der Waals surface area contributed by atoms with Crippen LogP contribution in [0.2, 0.25) is 0 Å². The van der Waals surface area contributed by atoms with Crippen LogP contribution in [-0.2, 0) is 9.53 Å². The highest BCUT2D eigenvalue weighted by Gasteiger charge is 2.47. The Labute approximate surface area is 92.4 Å². The molecule has 1 unspecified atom stereocenters. The Hall–Kier alpha value is -0.530. The summed E-state index contributed by atoms with van der Waals surface area (Å²) in [5.41, 5.74) is -0.271. The summed E-state index contributed by atoms with van der Waals surface area (Å²) in [4.78, 5) is 12.0. The van der Waals surface area contributed by atoms with Gasteiger partial charge >= 0.3 is 5.97 Å². The van der Waals surface area contributed by atoms with Crippen molar-refractivity contribution in [2.24, 2.45) is 5.41 Å². The van der Waals surface area contributed by atoms with E-state index in [-0.39, 0.29) is 17.0 Å². The van der Waals surface area contributed by atoms with Crippen LogP contribution in [0.4, 0.5) is 0 Å². The van der Waals surface area contributed by atoms with Crippen molar-refractivity contribution in [1.29, 1.82) is 0 Å². The topological polar surface area (TPSA) is 26.3 Å². The van der Waals surface area contributed by atoms with Gasteiger partial charge in [-0.05, 0) is 51.9 Å². The number of rotatable bonds is 1. The summed E-state index contributed by atoms with van der Waals surface area (Å²) >= 11 is 0. The molecular formula is C13H22O2. The highest BCUT2D eigenvalue weighted by molar-refractivity contribution is 5.77. The van der Waals surface area contributed by atoms with Crippen molar-refractivity contribution in [2.45, 2.75) is 70.8 Å². The Balaban J connectivity index is 2.07. The first-order chi connectivity index (χ1) is 7.10. The third-order valence-electron chi connectivity index (χ3n) is 4.48. The van der Waals surface area contributed by atoms with Gasteiger partial charge in [-0.15, -0.1) is 0 Å². The van der Waals surface area contributed by atoms with Crippen molar-refractivity contribution in [3.63, 3.8) is 0 Å². The zero-order valence-corrected chi connectivity index (χ0v) is 9.97. The van der Waals surface area contributed by atoms with Crippen LogP contribution in [0.25, 0.3) is 0 Å². The minimum Gasteiger partial charge on any atom is -0.459 e. The Bertz CT molecular complexity index is 253. The van der Waals surface area contributed by atoms with E-state index in [4.69, 9.17) is 4.74 Å². The molecule has 2 fully saturated rings. The van der Waals surface area contributed by atoms with E-state index in [0.29, 0.717) is 0 Å². The summed E-state index contributed by atoms with van der Waals surface area (Å²) in [6.45, 7) is 4.13. The highest BCUT2D eigenvalue weighted by atomic mass is 16.6. The zero-order valence-electron chi connectivity index (χ0n) is 9.97. The molecule has 1 aliphatic carbocycles. The summed E-state index contributed by atoms with van der Waals surface area (Å²) in [5.74, 6) is 0.0538. The number of carbonyl (C=O) groups is 1. The van der Waals surface area contributed by atoms with Crippen molar-refractivity contribution >= 4 is 5.97 Å². The molecule has 0 aromatic heterocycles. The van der Waals surface area contributed by atoms with Gasteiger partial charge in [0.05, 0.1) is 5.41 Å². The van der Waals surface area contributed by atoms with E-state index < -0.39 is 0 Å². The maximum absolute atomic E-state index is 12.0. The maximum Gasteiger partial charge on any atom is 0.312 e. The van der Waals surface area contributed by atoms with Crippen molar-refractivity contribution in [1.82, 2.24) is 0 Å². The van der Waals surface area contributed by atoms with Gasteiger partial charge in [0, 0.05) is 0 Å². The normalized spacial score (nSPS) is 35.2. The lowest BCUT2D eigenvalue weighted by molar-refractivity contribution is -0.188. The molecule has 0 amide bonds. The van der Waals surface area contributed by atoms with Crippen molar-refractivity contribution in [2.75, 3.05) is 0 Å². The highest BCUT2D eigenvalue weighted by Crippen LogP contribution is 2.45. The van der Waals surface area contributed by atoms with Crippen LogP contribution in [0.1, 0.15) is 65.2 Å². The number of ether oxygens (including phenoxy) is 1. The molecule has 1 heterocycles. The van der Waals surface area contributed by atoms with Gasteiger partial charge in [-0.2, -0.15) is 0 Å². The zero-order chi connectivity index (χ0) is 10.9. The lowest BCUT2D eigenvalue weighted by Crippen LogP contribution is -2.47. The Morgan fingerprint density at radius 2 is 1.80 bits per heavy atom. The lowest BCUT2D eigenvalue weighted by Gasteiger charge is -2.45. The third kappa shape index (κ3) is 1.91. The van der Waals surface area contributed by atoms with Crippen LogP contribution < -0.4 is 0 Å². The number of carbonyl (C=O) groups excluding carboxylic acids is 1. The smallest absolute Gasteiger partial charge is 0.312 e. The molecule has 1 aliphatic heterocycles. The first-order valence-corrected chi connectivity index (χ1v) is 6.34. The van der Waals surface area contributed by atoms with Crippen LogP contribution >= 0.6 is 0 Å². The molecule has 0 radical (unpaired) electrons. The molecule has 15 heavy (non-hydrogen) atoms. The van der Waals surface area contributed by atoms with Gasteiger partial charge in [-0.25, -0.2) is 0 Å². The minimum absolute atomic E-state index is 0.0538. The van der Waals surface area contributed by atoms with Crippen LogP contribution in [0.15, 0.2) is 0 Å². The summed E-state index contributed by atoms with van der Waals surface area (Å²) in [7, 11) is 0. The van der Waals surface area contributed by atoms with Crippen LogP contribution in [0.3, 0.4) is 0 Å². The van der Waals surface area contributed by atoms with Gasteiger partial charge in [0.15, 0.2) is 0 Å². The van der Waals surface area contributed by atoms with Gasteiger partial charge < -0.3 is 4.74 Å². The van der Waals surface area contributed by atoms with Gasteiger partial charge in [-0.3, -0.25) is 4.79 Å². The molecule has 1 atom stereocenters. The van der Waals surface area contributed by atoms with E-state index in [2.05, 4.69) is 6.92 Å². The monoisotopic (exact) mass is 210 g/mol. The molecule has 0 bridgehead atoms. The molecule has 2 rings (SSSR count). The van der Waals surface area contributed by atoms with Crippen molar-refractivity contribution in [3.05, 3.63) is 0 Å². The second-order valence-corrected chi connectivity index (χ2v) is 5.55. The second-order valence-electron chi connectivity index (χ2n) is 5.55. The molecule has 0 aromatic carbocycles. The number of hydrogen-bond acceptors (Lipinski definition) is 2. The molecule has 0 aromatic rings. The van der Waals surface area contributed by atoms with E-state index in [1.54, 1.807) is 0 Å². The van der Waals surface area contributed by atoms with E-state index in [1.165, 1.54) is 19.3 Å². The van der Waals surface area contributed by atoms with Gasteiger partial charge in [0.25, 0.3) is 0 Å². The van der Waals surface area contributed by atoms with Gasteiger partial charge in [-0.1, -0.05) is 13.3 Å². The fourth-order valence-electron chi connectivity index (χ4n) is 2.85. The summed E-state index contributed by atoms with van der Waals surface area (Å²) in [6.07, 6.45) is 8.97. The van der Waals surface area contributed by atoms with Crippen molar-refractivity contribution in [3.8, 4) is 0 Å². The van der Waals surface area contributed by atoms with E-state index in [9.17, 15) is 4.79 Å². The quantitative estimate of drug-likeness (QED) is 0.620. The predicted molar refractivity (Wildman–Crippen MR) is 59.5 cm³/mol. The molecule has 1 spiro atoms. The van der Waals surface area contributed by atoms with Gasteiger partial charge in [0.2, 0.25) is 0 Å². The molecule has 86 valence electrons. The van der Waals surface area contributed by atoms with E-state index >= 15 is 0 Å². The molecule has 1 saturated carbocycles. The molecule has 2 aliphatic rings. The first-order valence-electron chi connectivity index (χ1n) is 6.34. The minimum atomic E-state index is -0.206. The van der Waals surface area contributed by atoms with E-state index in [1.807, 2.05) is 6.92 Å². The Morgan fingerprint density at radius 3 is 2.33 bits per heavy atom. The second kappa shape index (κ2) is 3.80. The molecule has 1 saturated heterocycles. The fraction of sp³-hybridized carbons (Fsp3) is 0.923. The molecule has 0 N–H and O–H groups in total. The Kier molecular flexibility index (Phi) is 2.78.